The summed E-state index contributed by atoms with van der Waals surface area (Å²) < 4.78 is 4.72. The van der Waals surface area contributed by atoms with Gasteiger partial charge in [-0.25, -0.2) is 4.79 Å². The Morgan fingerprint density at radius 1 is 1.80 bits per heavy atom. The van der Waals surface area contributed by atoms with Gasteiger partial charge in [-0.2, -0.15) is 0 Å². The van der Waals surface area contributed by atoms with Crippen molar-refractivity contribution in [3.05, 3.63) is 0 Å². The molecule has 0 amide bonds. The third-order valence-corrected chi connectivity index (χ3v) is 1.40. The highest BCUT2D eigenvalue weighted by molar-refractivity contribution is 6.20. The van der Waals surface area contributed by atoms with Gasteiger partial charge in [0.25, 0.3) is 0 Å². The Morgan fingerprint density at radius 3 is 2.80 bits per heavy atom. The summed E-state index contributed by atoms with van der Waals surface area (Å²) >= 11 is 5.63. The summed E-state index contributed by atoms with van der Waals surface area (Å²) in [6.45, 7) is 1.97. The number of hydrogen-bond acceptors (Lipinski definition) is 2. The van der Waals surface area contributed by atoms with Gasteiger partial charge in [0.1, 0.15) is 6.61 Å². The number of carboxylic acids is 1. The largest absolute Gasteiger partial charge is 0.480 e. The maximum atomic E-state index is 9.90. The SMILES string of the molecule is CCC(Cl)COCC(=O)O. The highest BCUT2D eigenvalue weighted by Crippen LogP contribution is 2.00. The molecule has 1 unspecified atom stereocenters. The molecular formula is C6H11ClO3. The van der Waals surface area contributed by atoms with E-state index in [1.165, 1.54) is 0 Å². The van der Waals surface area contributed by atoms with E-state index in [0.29, 0.717) is 6.61 Å². The fraction of sp³-hybridized carbons (Fsp3) is 0.833. The first-order valence-electron chi connectivity index (χ1n) is 3.10. The van der Waals surface area contributed by atoms with Crippen LogP contribution in [0.3, 0.4) is 0 Å². The molecule has 0 spiro atoms. The smallest absolute Gasteiger partial charge is 0.329 e. The summed E-state index contributed by atoms with van der Waals surface area (Å²) in [5, 5.41) is 8.06. The maximum Gasteiger partial charge on any atom is 0.329 e. The van der Waals surface area contributed by atoms with E-state index in [2.05, 4.69) is 0 Å². The molecule has 0 saturated heterocycles. The molecule has 0 aromatic carbocycles. The van der Waals surface area contributed by atoms with Gasteiger partial charge < -0.3 is 9.84 Å². The van der Waals surface area contributed by atoms with E-state index < -0.39 is 5.97 Å². The lowest BCUT2D eigenvalue weighted by molar-refractivity contribution is -0.142. The molecule has 0 aromatic heterocycles. The van der Waals surface area contributed by atoms with E-state index in [4.69, 9.17) is 21.4 Å². The Bertz CT molecular complexity index is 105. The maximum absolute atomic E-state index is 9.90. The van der Waals surface area contributed by atoms with Crippen molar-refractivity contribution in [3.8, 4) is 0 Å². The van der Waals surface area contributed by atoms with Crippen molar-refractivity contribution < 1.29 is 14.6 Å². The van der Waals surface area contributed by atoms with Gasteiger partial charge in [0.2, 0.25) is 0 Å². The topological polar surface area (TPSA) is 46.5 Å². The fourth-order valence-corrected chi connectivity index (χ4v) is 0.481. The molecule has 1 N–H and O–H groups in total. The number of carbonyl (C=O) groups is 1. The molecule has 10 heavy (non-hydrogen) atoms. The van der Waals surface area contributed by atoms with Crippen molar-refractivity contribution in [2.45, 2.75) is 18.7 Å². The van der Waals surface area contributed by atoms with Gasteiger partial charge in [0.05, 0.1) is 12.0 Å². The summed E-state index contributed by atoms with van der Waals surface area (Å²) in [6, 6.07) is 0. The molecule has 0 saturated carbocycles. The van der Waals surface area contributed by atoms with Gasteiger partial charge in [0, 0.05) is 0 Å². The van der Waals surface area contributed by atoms with Gasteiger partial charge in [-0.15, -0.1) is 11.6 Å². The Labute approximate surface area is 64.9 Å². The molecule has 0 aliphatic rings. The molecule has 0 aliphatic carbocycles. The second-order valence-corrected chi connectivity index (χ2v) is 2.53. The van der Waals surface area contributed by atoms with E-state index in [1.807, 2.05) is 6.92 Å². The Morgan fingerprint density at radius 2 is 2.40 bits per heavy atom. The van der Waals surface area contributed by atoms with Crippen molar-refractivity contribution in [1.82, 2.24) is 0 Å². The summed E-state index contributed by atoms with van der Waals surface area (Å²) in [7, 11) is 0. The first-order valence-corrected chi connectivity index (χ1v) is 3.54. The molecule has 0 aliphatic heterocycles. The van der Waals surface area contributed by atoms with Crippen LogP contribution in [0.2, 0.25) is 0 Å². The number of aliphatic carboxylic acids is 1. The van der Waals surface area contributed by atoms with Gasteiger partial charge in [0.15, 0.2) is 0 Å². The molecule has 0 rings (SSSR count). The molecule has 0 radical (unpaired) electrons. The second-order valence-electron chi connectivity index (χ2n) is 1.91. The zero-order valence-corrected chi connectivity index (χ0v) is 6.60. The second kappa shape index (κ2) is 5.50. The molecule has 0 heterocycles. The Kier molecular flexibility index (Phi) is 5.35. The average molecular weight is 167 g/mol. The Hall–Kier alpha value is -0.280. The zero-order valence-electron chi connectivity index (χ0n) is 5.84. The highest BCUT2D eigenvalue weighted by atomic mass is 35.5. The third-order valence-electron chi connectivity index (χ3n) is 0.967. The van der Waals surface area contributed by atoms with Gasteiger partial charge in [-0.05, 0) is 6.42 Å². The summed E-state index contributed by atoms with van der Waals surface area (Å²) in [4.78, 5) is 9.90. The third kappa shape index (κ3) is 5.85. The van der Waals surface area contributed by atoms with Crippen LogP contribution in [0.5, 0.6) is 0 Å². The lowest BCUT2D eigenvalue weighted by Crippen LogP contribution is -2.13. The number of carboxylic acid groups (broad SMARTS) is 1. The van der Waals surface area contributed by atoms with Gasteiger partial charge in [-0.1, -0.05) is 6.92 Å². The quantitative estimate of drug-likeness (QED) is 0.623. The monoisotopic (exact) mass is 166 g/mol. The molecule has 0 fully saturated rings. The zero-order chi connectivity index (χ0) is 7.98. The van der Waals surface area contributed by atoms with Crippen LogP contribution in [0.25, 0.3) is 0 Å². The average Bonchev–Trinajstić information content (AvgIpc) is 1.87. The molecule has 4 heteroatoms. The standard InChI is InChI=1S/C6H11ClO3/c1-2-5(7)3-10-4-6(8)9/h5H,2-4H2,1H3,(H,8,9). The fourth-order valence-electron chi connectivity index (χ4n) is 0.392. The van der Waals surface area contributed by atoms with E-state index in [1.54, 1.807) is 0 Å². The van der Waals surface area contributed by atoms with Crippen molar-refractivity contribution in [1.29, 1.82) is 0 Å². The molecule has 60 valence electrons. The number of hydrogen-bond donors (Lipinski definition) is 1. The minimum atomic E-state index is -0.958. The van der Waals surface area contributed by atoms with Crippen molar-refractivity contribution in [3.63, 3.8) is 0 Å². The van der Waals surface area contributed by atoms with Crippen LogP contribution >= 0.6 is 11.6 Å². The number of rotatable bonds is 5. The summed E-state index contributed by atoms with van der Waals surface area (Å²) in [5.41, 5.74) is 0. The van der Waals surface area contributed by atoms with Crippen molar-refractivity contribution in [2.24, 2.45) is 0 Å². The van der Waals surface area contributed by atoms with Crippen LogP contribution in [0.1, 0.15) is 13.3 Å². The highest BCUT2D eigenvalue weighted by Gasteiger charge is 2.02. The van der Waals surface area contributed by atoms with E-state index in [-0.39, 0.29) is 12.0 Å². The number of halogens is 1. The number of alkyl halides is 1. The summed E-state index contributed by atoms with van der Waals surface area (Å²) in [5.74, 6) is -0.958. The molecule has 0 bridgehead atoms. The molecule has 1 atom stereocenters. The van der Waals surface area contributed by atoms with E-state index in [0.717, 1.165) is 6.42 Å². The van der Waals surface area contributed by atoms with E-state index in [9.17, 15) is 4.79 Å². The number of ether oxygens (including phenoxy) is 1. The summed E-state index contributed by atoms with van der Waals surface area (Å²) in [6.07, 6.45) is 0.793. The lowest BCUT2D eigenvalue weighted by Gasteiger charge is -2.04. The van der Waals surface area contributed by atoms with Crippen LogP contribution in [-0.2, 0) is 9.53 Å². The Balaban J connectivity index is 3.11. The predicted octanol–water partition coefficient (Wildman–Crippen LogP) is 1.10. The lowest BCUT2D eigenvalue weighted by atomic mass is 10.3. The minimum Gasteiger partial charge on any atom is -0.480 e. The van der Waals surface area contributed by atoms with Crippen LogP contribution in [0.4, 0.5) is 0 Å². The van der Waals surface area contributed by atoms with Crippen LogP contribution < -0.4 is 0 Å². The minimum absolute atomic E-state index is 0.0700. The molecule has 3 nitrogen and oxygen atoms in total. The van der Waals surface area contributed by atoms with Crippen LogP contribution in [-0.4, -0.2) is 29.7 Å². The van der Waals surface area contributed by atoms with Crippen molar-refractivity contribution in [2.75, 3.05) is 13.2 Å². The van der Waals surface area contributed by atoms with Crippen LogP contribution in [0, 0.1) is 0 Å². The van der Waals surface area contributed by atoms with Gasteiger partial charge in [-0.3, -0.25) is 0 Å². The van der Waals surface area contributed by atoms with E-state index >= 15 is 0 Å². The van der Waals surface area contributed by atoms with Gasteiger partial charge >= 0.3 is 5.97 Å². The first kappa shape index (κ1) is 9.72. The van der Waals surface area contributed by atoms with Crippen LogP contribution in [0.15, 0.2) is 0 Å². The molecular weight excluding hydrogens is 156 g/mol. The first-order chi connectivity index (χ1) is 4.66. The van der Waals surface area contributed by atoms with Crippen molar-refractivity contribution >= 4 is 17.6 Å². The molecule has 0 aromatic rings. The normalized spacial score (nSPS) is 13.0. The predicted molar refractivity (Wildman–Crippen MR) is 38.4 cm³/mol.